The molecule has 0 aliphatic heterocycles. The monoisotopic (exact) mass is 267 g/mol. The molecule has 0 aromatic heterocycles. The van der Waals surface area contributed by atoms with Gasteiger partial charge < -0.3 is 5.73 Å². The van der Waals surface area contributed by atoms with Gasteiger partial charge in [0, 0.05) is 16.4 Å². The first-order chi connectivity index (χ1) is 7.09. The van der Waals surface area contributed by atoms with Crippen molar-refractivity contribution in [1.29, 1.82) is 0 Å². The van der Waals surface area contributed by atoms with Gasteiger partial charge in [0.05, 0.1) is 0 Å². The van der Waals surface area contributed by atoms with Crippen molar-refractivity contribution in [2.45, 2.75) is 38.5 Å². The van der Waals surface area contributed by atoms with Gasteiger partial charge in [-0.2, -0.15) is 0 Å². The van der Waals surface area contributed by atoms with Gasteiger partial charge in [-0.25, -0.2) is 0 Å². The quantitative estimate of drug-likeness (QED) is 0.873. The van der Waals surface area contributed by atoms with E-state index < -0.39 is 0 Å². The molecular formula is C13H18BrN. The maximum absolute atomic E-state index is 5.92. The Morgan fingerprint density at radius 1 is 1.33 bits per heavy atom. The normalized spacial score (nSPS) is 18.7. The first-order valence-corrected chi connectivity index (χ1v) is 6.36. The Morgan fingerprint density at radius 3 is 2.40 bits per heavy atom. The Bertz CT molecular complexity index is 352. The topological polar surface area (TPSA) is 26.0 Å². The predicted octanol–water partition coefficient (Wildman–Crippen LogP) is 3.45. The highest BCUT2D eigenvalue weighted by Crippen LogP contribution is 2.44. The molecule has 2 N–H and O–H groups in total. The van der Waals surface area contributed by atoms with Crippen LogP contribution in [0.3, 0.4) is 0 Å². The number of nitrogens with two attached hydrogens (primary N) is 1. The molecule has 1 aliphatic carbocycles. The molecule has 1 aromatic carbocycles. The largest absolute Gasteiger partial charge is 0.330 e. The molecule has 0 unspecified atom stereocenters. The third kappa shape index (κ3) is 1.74. The van der Waals surface area contributed by atoms with E-state index in [9.17, 15) is 0 Å². The summed E-state index contributed by atoms with van der Waals surface area (Å²) in [6.07, 6.45) is 3.82. The van der Waals surface area contributed by atoms with Gasteiger partial charge in [0.25, 0.3) is 0 Å². The second-order valence-corrected chi connectivity index (χ2v) is 5.59. The maximum Gasteiger partial charge on any atom is 0.0210 e. The van der Waals surface area contributed by atoms with E-state index in [4.69, 9.17) is 5.73 Å². The predicted molar refractivity (Wildman–Crippen MR) is 68.2 cm³/mol. The second kappa shape index (κ2) is 3.91. The van der Waals surface area contributed by atoms with Crippen LogP contribution in [0, 0.1) is 13.8 Å². The molecule has 0 radical (unpaired) electrons. The molecule has 15 heavy (non-hydrogen) atoms. The van der Waals surface area contributed by atoms with E-state index in [1.165, 1.54) is 40.4 Å². The third-order valence-electron chi connectivity index (χ3n) is 3.92. The minimum Gasteiger partial charge on any atom is -0.330 e. The smallest absolute Gasteiger partial charge is 0.0210 e. The second-order valence-electron chi connectivity index (χ2n) is 4.74. The summed E-state index contributed by atoms with van der Waals surface area (Å²) >= 11 is 3.63. The van der Waals surface area contributed by atoms with Crippen LogP contribution in [0.2, 0.25) is 0 Å². The number of aryl methyl sites for hydroxylation is 1. The zero-order chi connectivity index (χ0) is 11.1. The number of hydrogen-bond acceptors (Lipinski definition) is 1. The summed E-state index contributed by atoms with van der Waals surface area (Å²) in [4.78, 5) is 0. The maximum atomic E-state index is 5.92. The van der Waals surface area contributed by atoms with Gasteiger partial charge in [-0.1, -0.05) is 28.4 Å². The van der Waals surface area contributed by atoms with E-state index in [-0.39, 0.29) is 5.41 Å². The van der Waals surface area contributed by atoms with Gasteiger partial charge in [-0.3, -0.25) is 0 Å². The lowest BCUT2D eigenvalue weighted by molar-refractivity contribution is 0.253. The summed E-state index contributed by atoms with van der Waals surface area (Å²) in [7, 11) is 0. The third-order valence-corrected chi connectivity index (χ3v) is 4.74. The molecule has 1 aromatic rings. The van der Waals surface area contributed by atoms with Gasteiger partial charge >= 0.3 is 0 Å². The molecule has 0 heterocycles. The lowest BCUT2D eigenvalue weighted by Gasteiger charge is -2.42. The van der Waals surface area contributed by atoms with Crippen LogP contribution >= 0.6 is 15.9 Å². The summed E-state index contributed by atoms with van der Waals surface area (Å²) in [5.41, 5.74) is 10.3. The van der Waals surface area contributed by atoms with Crippen molar-refractivity contribution in [2.75, 3.05) is 6.54 Å². The van der Waals surface area contributed by atoms with Gasteiger partial charge in [0.1, 0.15) is 0 Å². The van der Waals surface area contributed by atoms with E-state index >= 15 is 0 Å². The zero-order valence-electron chi connectivity index (χ0n) is 9.44. The van der Waals surface area contributed by atoms with Crippen LogP contribution in [0.4, 0.5) is 0 Å². The van der Waals surface area contributed by atoms with E-state index in [0.29, 0.717) is 0 Å². The van der Waals surface area contributed by atoms with Gasteiger partial charge in [0.15, 0.2) is 0 Å². The summed E-state index contributed by atoms with van der Waals surface area (Å²) < 4.78 is 1.22. The van der Waals surface area contributed by atoms with Crippen molar-refractivity contribution in [3.8, 4) is 0 Å². The molecule has 2 heteroatoms. The minimum absolute atomic E-state index is 0.279. The molecule has 1 fully saturated rings. The Hall–Kier alpha value is -0.340. The van der Waals surface area contributed by atoms with Gasteiger partial charge in [0.2, 0.25) is 0 Å². The Labute approximate surface area is 100 Å². The highest BCUT2D eigenvalue weighted by molar-refractivity contribution is 9.10. The lowest BCUT2D eigenvalue weighted by Crippen LogP contribution is -2.41. The van der Waals surface area contributed by atoms with Crippen LogP contribution in [0.25, 0.3) is 0 Å². The van der Waals surface area contributed by atoms with Crippen LogP contribution in [-0.4, -0.2) is 6.54 Å². The fraction of sp³-hybridized carbons (Fsp3) is 0.538. The molecule has 1 aliphatic rings. The molecule has 0 bridgehead atoms. The summed E-state index contributed by atoms with van der Waals surface area (Å²) in [5.74, 6) is 0. The molecule has 0 atom stereocenters. The Morgan fingerprint density at radius 2 is 2.00 bits per heavy atom. The zero-order valence-corrected chi connectivity index (χ0v) is 11.0. The van der Waals surface area contributed by atoms with Crippen molar-refractivity contribution < 1.29 is 0 Å². The fourth-order valence-electron chi connectivity index (χ4n) is 2.34. The van der Waals surface area contributed by atoms with Crippen molar-refractivity contribution in [3.63, 3.8) is 0 Å². The van der Waals surface area contributed by atoms with Crippen molar-refractivity contribution in [3.05, 3.63) is 33.3 Å². The van der Waals surface area contributed by atoms with E-state index in [0.717, 1.165) is 6.54 Å². The first-order valence-electron chi connectivity index (χ1n) is 5.56. The standard InChI is InChI=1S/C13H18BrN/c1-9-6-11(7-12(14)10(9)2)13(8-15)4-3-5-13/h6-7H,3-5,8,15H2,1-2H3. The van der Waals surface area contributed by atoms with Crippen LogP contribution < -0.4 is 5.73 Å². The van der Waals surface area contributed by atoms with E-state index in [1.807, 2.05) is 0 Å². The molecule has 0 spiro atoms. The number of benzene rings is 1. The summed E-state index contributed by atoms with van der Waals surface area (Å²) in [6.45, 7) is 5.10. The van der Waals surface area contributed by atoms with Crippen LogP contribution in [-0.2, 0) is 5.41 Å². The molecule has 0 saturated heterocycles. The molecule has 82 valence electrons. The molecule has 2 rings (SSSR count). The first kappa shape index (κ1) is 11.2. The van der Waals surface area contributed by atoms with Crippen molar-refractivity contribution in [1.82, 2.24) is 0 Å². The van der Waals surface area contributed by atoms with Gasteiger partial charge in [-0.05, 0) is 49.4 Å². The summed E-state index contributed by atoms with van der Waals surface area (Å²) in [5, 5.41) is 0. The number of halogens is 1. The van der Waals surface area contributed by atoms with Crippen molar-refractivity contribution >= 4 is 15.9 Å². The Kier molecular flexibility index (Phi) is 2.91. The number of hydrogen-bond donors (Lipinski definition) is 1. The average Bonchev–Trinajstić information content (AvgIpc) is 2.13. The Balaban J connectivity index is 2.45. The number of rotatable bonds is 2. The SMILES string of the molecule is Cc1cc(C2(CN)CCC2)cc(Br)c1C. The van der Waals surface area contributed by atoms with Crippen LogP contribution in [0.1, 0.15) is 36.0 Å². The summed E-state index contributed by atoms with van der Waals surface area (Å²) in [6, 6.07) is 4.57. The van der Waals surface area contributed by atoms with E-state index in [2.05, 4.69) is 41.9 Å². The molecule has 0 amide bonds. The van der Waals surface area contributed by atoms with E-state index in [1.54, 1.807) is 0 Å². The minimum atomic E-state index is 0.279. The van der Waals surface area contributed by atoms with Crippen LogP contribution in [0.15, 0.2) is 16.6 Å². The highest BCUT2D eigenvalue weighted by atomic mass is 79.9. The van der Waals surface area contributed by atoms with Gasteiger partial charge in [-0.15, -0.1) is 0 Å². The van der Waals surface area contributed by atoms with Crippen molar-refractivity contribution in [2.24, 2.45) is 5.73 Å². The molecular weight excluding hydrogens is 250 g/mol. The lowest BCUT2D eigenvalue weighted by atomic mass is 9.64. The molecule has 1 nitrogen and oxygen atoms in total. The average molecular weight is 268 g/mol. The van der Waals surface area contributed by atoms with Crippen LogP contribution in [0.5, 0.6) is 0 Å². The fourth-order valence-corrected chi connectivity index (χ4v) is 2.90. The highest BCUT2D eigenvalue weighted by Gasteiger charge is 2.37. The molecule has 1 saturated carbocycles.